The number of aryl methyl sites for hydroxylation is 1. The maximum atomic E-state index is 12.9. The molecule has 0 unspecified atom stereocenters. The number of carbonyl (C=O) groups is 2. The molecular weight excluding hydrogens is 464 g/mol. The van der Waals surface area contributed by atoms with Crippen molar-refractivity contribution in [3.8, 4) is 11.3 Å². The number of rotatable bonds is 9. The van der Waals surface area contributed by atoms with Crippen LogP contribution in [0.4, 0.5) is 0 Å². The molecule has 0 spiro atoms. The van der Waals surface area contributed by atoms with Crippen molar-refractivity contribution in [2.45, 2.75) is 38.6 Å². The van der Waals surface area contributed by atoms with E-state index in [1.165, 1.54) is 0 Å². The van der Waals surface area contributed by atoms with Crippen molar-refractivity contribution in [3.63, 3.8) is 0 Å². The zero-order valence-electron chi connectivity index (χ0n) is 19.2. The fraction of sp³-hybridized carbons (Fsp3) is 0.222. The van der Waals surface area contributed by atoms with Gasteiger partial charge in [0.1, 0.15) is 0 Å². The summed E-state index contributed by atoms with van der Waals surface area (Å²) < 4.78 is 0. The number of aromatic nitrogens is 3. The third-order valence-corrected chi connectivity index (χ3v) is 5.90. The molecule has 0 radical (unpaired) electrons. The van der Waals surface area contributed by atoms with E-state index in [2.05, 4.69) is 10.3 Å². The van der Waals surface area contributed by atoms with Crippen molar-refractivity contribution >= 4 is 34.5 Å². The van der Waals surface area contributed by atoms with Gasteiger partial charge < -0.3 is 10.4 Å². The summed E-state index contributed by atoms with van der Waals surface area (Å²) in [5.74, 6) is -1.04. The topological polar surface area (TPSA) is 105 Å². The number of amides is 1. The molecule has 8 heteroatoms. The molecule has 2 heterocycles. The van der Waals surface area contributed by atoms with Crippen LogP contribution in [0.15, 0.2) is 66.9 Å². The first-order valence-electron chi connectivity index (χ1n) is 11.4. The van der Waals surface area contributed by atoms with Crippen LogP contribution in [0.25, 0.3) is 22.3 Å². The van der Waals surface area contributed by atoms with Crippen LogP contribution < -0.4 is 5.32 Å². The minimum atomic E-state index is -0.817. The molecule has 1 atom stereocenters. The predicted octanol–water partition coefficient (Wildman–Crippen LogP) is 5.63. The van der Waals surface area contributed by atoms with E-state index in [-0.39, 0.29) is 18.4 Å². The van der Waals surface area contributed by atoms with Crippen molar-refractivity contribution in [1.82, 2.24) is 20.3 Å². The monoisotopic (exact) mass is 488 g/mol. The van der Waals surface area contributed by atoms with Crippen molar-refractivity contribution in [1.29, 1.82) is 0 Å². The minimum Gasteiger partial charge on any atom is -0.481 e. The summed E-state index contributed by atoms with van der Waals surface area (Å²) >= 11 is 6.05. The Kier molecular flexibility index (Phi) is 7.67. The lowest BCUT2D eigenvalue weighted by Gasteiger charge is -2.14. The number of hydrogen-bond donors (Lipinski definition) is 2. The van der Waals surface area contributed by atoms with E-state index >= 15 is 0 Å². The summed E-state index contributed by atoms with van der Waals surface area (Å²) in [6, 6.07) is 18.0. The number of nitrogens with zero attached hydrogens (tertiary/aromatic N) is 3. The molecular formula is C27H25ClN4O3. The number of fused-ring (bicyclic) bond motifs is 1. The molecule has 0 aliphatic carbocycles. The molecule has 4 rings (SSSR count). The number of carboxylic acids is 1. The Balaban J connectivity index is 1.63. The van der Waals surface area contributed by atoms with E-state index in [0.29, 0.717) is 40.9 Å². The Bertz CT molecular complexity index is 1340. The number of aliphatic carboxylic acids is 1. The molecule has 2 aromatic carbocycles. The Hall–Kier alpha value is -3.84. The summed E-state index contributed by atoms with van der Waals surface area (Å²) in [6.07, 6.45) is 3.58. The van der Waals surface area contributed by atoms with Gasteiger partial charge in [0, 0.05) is 28.8 Å². The number of hydrogen-bond acceptors (Lipinski definition) is 5. The molecule has 0 bridgehead atoms. The second-order valence-corrected chi connectivity index (χ2v) is 8.72. The molecule has 0 fully saturated rings. The van der Waals surface area contributed by atoms with Crippen LogP contribution in [0.5, 0.6) is 0 Å². The van der Waals surface area contributed by atoms with Crippen LogP contribution in [0.1, 0.15) is 54.0 Å². The maximum Gasteiger partial charge on any atom is 0.303 e. The molecule has 178 valence electrons. The van der Waals surface area contributed by atoms with Crippen LogP contribution in [0.2, 0.25) is 5.02 Å². The molecule has 1 amide bonds. The Labute approximate surface area is 208 Å². The average molecular weight is 489 g/mol. The Morgan fingerprint density at radius 1 is 1.00 bits per heavy atom. The van der Waals surface area contributed by atoms with Gasteiger partial charge in [-0.3, -0.25) is 14.6 Å². The predicted molar refractivity (Wildman–Crippen MR) is 135 cm³/mol. The highest BCUT2D eigenvalue weighted by atomic mass is 35.5. The van der Waals surface area contributed by atoms with Crippen molar-refractivity contribution in [2.24, 2.45) is 0 Å². The van der Waals surface area contributed by atoms with Gasteiger partial charge >= 0.3 is 5.97 Å². The summed E-state index contributed by atoms with van der Waals surface area (Å²) in [5.41, 5.74) is 4.88. The molecule has 7 nitrogen and oxygen atoms in total. The molecule has 2 N–H and O–H groups in total. The summed E-state index contributed by atoms with van der Waals surface area (Å²) in [5, 5.41) is 12.5. The first-order chi connectivity index (χ1) is 16.9. The third kappa shape index (κ3) is 6.19. The molecule has 0 aliphatic rings. The number of carboxylic acid groups (broad SMARTS) is 1. The molecule has 2 aromatic heterocycles. The van der Waals surface area contributed by atoms with Crippen molar-refractivity contribution in [2.75, 3.05) is 0 Å². The summed E-state index contributed by atoms with van der Waals surface area (Å²) in [6.45, 7) is 1.88. The van der Waals surface area contributed by atoms with Crippen LogP contribution in [0.3, 0.4) is 0 Å². The lowest BCUT2D eigenvalue weighted by atomic mass is 10.0. The lowest BCUT2D eigenvalue weighted by molar-refractivity contribution is -0.137. The first-order valence-corrected chi connectivity index (χ1v) is 11.8. The SMILES string of the molecule is C[C@@H](NC(=O)c1ccc2nc(-c3ccc(Cl)cc3)c(CCCCC(=O)O)nc2c1)c1ccccn1. The smallest absolute Gasteiger partial charge is 0.303 e. The van der Waals surface area contributed by atoms with Crippen molar-refractivity contribution < 1.29 is 14.7 Å². The molecule has 0 saturated carbocycles. The summed E-state index contributed by atoms with van der Waals surface area (Å²) in [7, 11) is 0. The van der Waals surface area contributed by atoms with Gasteiger partial charge in [-0.15, -0.1) is 0 Å². The van der Waals surface area contributed by atoms with Crippen molar-refractivity contribution in [3.05, 3.63) is 88.8 Å². The van der Waals surface area contributed by atoms with Crippen LogP contribution in [0, 0.1) is 0 Å². The third-order valence-electron chi connectivity index (χ3n) is 5.65. The number of carbonyl (C=O) groups excluding carboxylic acids is 1. The largest absolute Gasteiger partial charge is 0.481 e. The van der Waals surface area contributed by atoms with Crippen LogP contribution >= 0.6 is 11.6 Å². The zero-order valence-corrected chi connectivity index (χ0v) is 20.0. The van der Waals surface area contributed by atoms with E-state index in [1.54, 1.807) is 36.5 Å². The average Bonchev–Trinajstić information content (AvgIpc) is 2.86. The number of pyridine rings is 1. The van der Waals surface area contributed by atoms with E-state index in [9.17, 15) is 9.59 Å². The lowest BCUT2D eigenvalue weighted by Crippen LogP contribution is -2.27. The first kappa shape index (κ1) is 24.3. The second kappa shape index (κ2) is 11.1. The van der Waals surface area contributed by atoms with Crippen LogP contribution in [-0.2, 0) is 11.2 Å². The van der Waals surface area contributed by atoms with E-state index in [1.807, 2.05) is 37.3 Å². The number of halogens is 1. The highest BCUT2D eigenvalue weighted by Gasteiger charge is 2.16. The van der Waals surface area contributed by atoms with E-state index in [0.717, 1.165) is 22.6 Å². The molecule has 35 heavy (non-hydrogen) atoms. The highest BCUT2D eigenvalue weighted by molar-refractivity contribution is 6.30. The molecule has 0 aliphatic heterocycles. The highest BCUT2D eigenvalue weighted by Crippen LogP contribution is 2.27. The van der Waals surface area contributed by atoms with Gasteiger partial charge in [0.05, 0.1) is 34.2 Å². The summed E-state index contributed by atoms with van der Waals surface area (Å²) in [4.78, 5) is 37.8. The van der Waals surface area contributed by atoms with Gasteiger partial charge in [0.2, 0.25) is 0 Å². The molecule has 0 saturated heterocycles. The fourth-order valence-electron chi connectivity index (χ4n) is 3.80. The Morgan fingerprint density at radius 3 is 2.51 bits per heavy atom. The van der Waals surface area contributed by atoms with Gasteiger partial charge in [-0.25, -0.2) is 9.97 Å². The van der Waals surface area contributed by atoms with Crippen LogP contribution in [-0.4, -0.2) is 31.9 Å². The van der Waals surface area contributed by atoms with Gasteiger partial charge in [-0.05, 0) is 68.7 Å². The van der Waals surface area contributed by atoms with E-state index in [4.69, 9.17) is 26.7 Å². The maximum absolute atomic E-state index is 12.9. The Morgan fingerprint density at radius 2 is 1.80 bits per heavy atom. The minimum absolute atomic E-state index is 0.107. The fourth-order valence-corrected chi connectivity index (χ4v) is 3.93. The van der Waals surface area contributed by atoms with Gasteiger partial charge in [0.15, 0.2) is 0 Å². The number of benzene rings is 2. The normalized spacial score (nSPS) is 11.8. The number of nitrogens with one attached hydrogen (secondary N) is 1. The standard InChI is InChI=1S/C27H25ClN4O3/c1-17(21-6-4-5-15-29-21)30-27(35)19-11-14-22-24(16-19)31-23(7-2-3-8-25(33)34)26(32-22)18-9-12-20(28)13-10-18/h4-6,9-17H,2-3,7-8H2,1H3,(H,30,35)(H,33,34)/t17-/m1/s1. The quantitative estimate of drug-likeness (QED) is 0.296. The van der Waals surface area contributed by atoms with E-state index < -0.39 is 5.97 Å². The molecule has 4 aromatic rings. The van der Waals surface area contributed by atoms with Gasteiger partial charge in [-0.2, -0.15) is 0 Å². The van der Waals surface area contributed by atoms with Gasteiger partial charge in [-0.1, -0.05) is 29.8 Å². The number of unbranched alkanes of at least 4 members (excludes halogenated alkanes) is 1. The second-order valence-electron chi connectivity index (χ2n) is 8.28. The zero-order chi connectivity index (χ0) is 24.8. The van der Waals surface area contributed by atoms with Gasteiger partial charge in [0.25, 0.3) is 5.91 Å².